The zero-order valence-electron chi connectivity index (χ0n) is 18.3. The van der Waals surface area contributed by atoms with Crippen molar-refractivity contribution in [3.8, 4) is 5.75 Å². The first-order chi connectivity index (χ1) is 16.1. The van der Waals surface area contributed by atoms with Gasteiger partial charge >= 0.3 is 5.97 Å². The Labute approximate surface area is 192 Å². The molecule has 1 amide bonds. The van der Waals surface area contributed by atoms with Gasteiger partial charge in [0.15, 0.2) is 0 Å². The molecule has 4 rings (SSSR count). The van der Waals surface area contributed by atoms with Gasteiger partial charge in [-0.3, -0.25) is 9.59 Å². The maximum atomic E-state index is 13.1. The highest BCUT2D eigenvalue weighted by molar-refractivity contribution is 5.93. The number of hydrogen-bond acceptors (Lipinski definition) is 4. The van der Waals surface area contributed by atoms with E-state index in [1.54, 1.807) is 48.7 Å². The summed E-state index contributed by atoms with van der Waals surface area (Å²) < 4.78 is 5.72. The number of esters is 1. The number of hydrogen-bond donors (Lipinski definition) is 1. The van der Waals surface area contributed by atoms with Crippen molar-refractivity contribution in [3.05, 3.63) is 114 Å². The molecule has 0 fully saturated rings. The number of benzene rings is 3. The fraction of sp³-hybridized carbons (Fsp3) is 0.148. The largest absolute Gasteiger partial charge is 0.426 e. The van der Waals surface area contributed by atoms with Crippen LogP contribution in [0.1, 0.15) is 29.2 Å². The first kappa shape index (κ1) is 22.0. The fourth-order valence-corrected chi connectivity index (χ4v) is 3.64. The summed E-state index contributed by atoms with van der Waals surface area (Å²) in [5, 5.41) is 0. The second-order valence-electron chi connectivity index (χ2n) is 7.70. The van der Waals surface area contributed by atoms with Crippen molar-refractivity contribution in [3.63, 3.8) is 0 Å². The van der Waals surface area contributed by atoms with Crippen LogP contribution in [0.4, 0.5) is 5.69 Å². The average Bonchev–Trinajstić information content (AvgIpc) is 3.38. The number of amides is 1. The summed E-state index contributed by atoms with van der Waals surface area (Å²) in [6.45, 7) is 0. The van der Waals surface area contributed by atoms with Crippen molar-refractivity contribution in [2.45, 2.75) is 18.8 Å². The van der Waals surface area contributed by atoms with Gasteiger partial charge in [-0.1, -0.05) is 60.7 Å². The van der Waals surface area contributed by atoms with E-state index < -0.39 is 5.92 Å². The molecule has 0 saturated carbocycles. The minimum atomic E-state index is -0.529. The molecule has 6 heteroatoms. The lowest BCUT2D eigenvalue weighted by atomic mass is 9.91. The number of anilines is 1. The van der Waals surface area contributed by atoms with E-state index in [0.717, 1.165) is 22.5 Å². The maximum absolute atomic E-state index is 13.1. The lowest BCUT2D eigenvalue weighted by Crippen LogP contribution is -2.26. The van der Waals surface area contributed by atoms with Crippen LogP contribution in [-0.2, 0) is 16.0 Å². The van der Waals surface area contributed by atoms with Gasteiger partial charge < -0.3 is 14.6 Å². The standard InChI is InChI=1S/C27H25N3O3/c1-30(25(31)17-12-22-18-28-19-29-22)23-13-15-24(16-14-23)33-27(32)26(20-8-4-2-5-9-20)21-10-6-3-7-11-21/h2-11,13-16,18-19,26H,12,17H2,1H3,(H,28,29). The Hall–Kier alpha value is -4.19. The minimum Gasteiger partial charge on any atom is -0.426 e. The zero-order valence-corrected chi connectivity index (χ0v) is 18.3. The normalized spacial score (nSPS) is 10.7. The fourth-order valence-electron chi connectivity index (χ4n) is 3.64. The van der Waals surface area contributed by atoms with Gasteiger partial charge in [0.25, 0.3) is 0 Å². The first-order valence-electron chi connectivity index (χ1n) is 10.8. The smallest absolute Gasteiger partial charge is 0.323 e. The first-order valence-corrected chi connectivity index (χ1v) is 10.8. The number of ether oxygens (including phenoxy) is 1. The monoisotopic (exact) mass is 439 g/mol. The quantitative estimate of drug-likeness (QED) is 0.318. The highest BCUT2D eigenvalue weighted by Gasteiger charge is 2.24. The highest BCUT2D eigenvalue weighted by Crippen LogP contribution is 2.28. The maximum Gasteiger partial charge on any atom is 0.323 e. The van der Waals surface area contributed by atoms with E-state index in [9.17, 15) is 9.59 Å². The van der Waals surface area contributed by atoms with E-state index in [2.05, 4.69) is 9.97 Å². The Morgan fingerprint density at radius 2 is 1.52 bits per heavy atom. The van der Waals surface area contributed by atoms with Crippen molar-refractivity contribution >= 4 is 17.6 Å². The molecular formula is C27H25N3O3. The van der Waals surface area contributed by atoms with Gasteiger partial charge in [0.05, 0.1) is 6.33 Å². The summed E-state index contributed by atoms with van der Waals surface area (Å²) in [5.41, 5.74) is 3.39. The van der Waals surface area contributed by atoms with Crippen LogP contribution in [-0.4, -0.2) is 28.9 Å². The van der Waals surface area contributed by atoms with E-state index in [1.807, 2.05) is 60.7 Å². The number of carbonyl (C=O) groups excluding carboxylic acids is 2. The Kier molecular flexibility index (Phi) is 6.95. The van der Waals surface area contributed by atoms with Crippen LogP contribution < -0.4 is 9.64 Å². The molecule has 0 unspecified atom stereocenters. The number of aryl methyl sites for hydroxylation is 1. The van der Waals surface area contributed by atoms with Crippen LogP contribution in [0.3, 0.4) is 0 Å². The van der Waals surface area contributed by atoms with Crippen molar-refractivity contribution < 1.29 is 14.3 Å². The number of nitrogens with one attached hydrogen (secondary N) is 1. The summed E-state index contributed by atoms with van der Waals surface area (Å²) in [5.74, 6) is -0.468. The average molecular weight is 440 g/mol. The van der Waals surface area contributed by atoms with Gasteiger partial charge in [-0.2, -0.15) is 0 Å². The predicted octanol–water partition coefficient (Wildman–Crippen LogP) is 4.74. The van der Waals surface area contributed by atoms with Gasteiger partial charge in [0, 0.05) is 31.0 Å². The topological polar surface area (TPSA) is 75.3 Å². The molecule has 0 aliphatic rings. The van der Waals surface area contributed by atoms with Crippen LogP contribution in [0, 0.1) is 0 Å². The summed E-state index contributed by atoms with van der Waals surface area (Å²) >= 11 is 0. The van der Waals surface area contributed by atoms with Crippen LogP contribution in [0.2, 0.25) is 0 Å². The van der Waals surface area contributed by atoms with E-state index in [0.29, 0.717) is 18.6 Å². The predicted molar refractivity (Wildman–Crippen MR) is 127 cm³/mol. The molecule has 1 heterocycles. The molecule has 4 aromatic rings. The number of aromatic amines is 1. The number of H-pyrrole nitrogens is 1. The van der Waals surface area contributed by atoms with E-state index >= 15 is 0 Å². The molecule has 166 valence electrons. The third-order valence-electron chi connectivity index (χ3n) is 5.48. The molecule has 0 atom stereocenters. The highest BCUT2D eigenvalue weighted by atomic mass is 16.5. The third kappa shape index (κ3) is 5.54. The minimum absolute atomic E-state index is 0.0115. The molecule has 1 N–H and O–H groups in total. The van der Waals surface area contributed by atoms with Crippen LogP contribution in [0.25, 0.3) is 0 Å². The molecule has 3 aromatic carbocycles. The van der Waals surface area contributed by atoms with Crippen LogP contribution in [0.15, 0.2) is 97.5 Å². The lowest BCUT2D eigenvalue weighted by molar-refractivity contribution is -0.135. The lowest BCUT2D eigenvalue weighted by Gasteiger charge is -2.19. The number of nitrogens with zero attached hydrogens (tertiary/aromatic N) is 2. The van der Waals surface area contributed by atoms with Gasteiger partial charge in [0.1, 0.15) is 11.7 Å². The van der Waals surface area contributed by atoms with Gasteiger partial charge in [-0.15, -0.1) is 0 Å². The molecule has 0 bridgehead atoms. The van der Waals surface area contributed by atoms with Gasteiger partial charge in [0.2, 0.25) is 5.91 Å². The zero-order chi connectivity index (χ0) is 23.0. The SMILES string of the molecule is CN(C(=O)CCc1cnc[nH]1)c1ccc(OC(=O)C(c2ccccc2)c2ccccc2)cc1. The Morgan fingerprint density at radius 1 is 0.909 bits per heavy atom. The second kappa shape index (κ2) is 10.4. The Morgan fingerprint density at radius 3 is 2.06 bits per heavy atom. The Balaban J connectivity index is 1.44. The molecule has 0 radical (unpaired) electrons. The summed E-state index contributed by atoms with van der Waals surface area (Å²) in [7, 11) is 1.73. The second-order valence-corrected chi connectivity index (χ2v) is 7.70. The number of rotatable bonds is 8. The van der Waals surface area contributed by atoms with Gasteiger partial charge in [-0.05, 0) is 41.8 Å². The van der Waals surface area contributed by atoms with Crippen molar-refractivity contribution in [1.82, 2.24) is 9.97 Å². The van der Waals surface area contributed by atoms with Crippen LogP contribution >= 0.6 is 0 Å². The molecule has 0 saturated heterocycles. The summed E-state index contributed by atoms with van der Waals surface area (Å²) in [4.78, 5) is 34.2. The number of imidazole rings is 1. The number of carbonyl (C=O) groups is 2. The number of aromatic nitrogens is 2. The third-order valence-corrected chi connectivity index (χ3v) is 5.48. The molecular weight excluding hydrogens is 414 g/mol. The van der Waals surface area contributed by atoms with Crippen molar-refractivity contribution in [1.29, 1.82) is 0 Å². The van der Waals surface area contributed by atoms with E-state index in [-0.39, 0.29) is 11.9 Å². The molecule has 6 nitrogen and oxygen atoms in total. The molecule has 0 spiro atoms. The Bertz CT molecular complexity index is 1140. The summed E-state index contributed by atoms with van der Waals surface area (Å²) in [6, 6.07) is 26.1. The van der Waals surface area contributed by atoms with Crippen molar-refractivity contribution in [2.75, 3.05) is 11.9 Å². The molecule has 0 aliphatic heterocycles. The summed E-state index contributed by atoms with van der Waals surface area (Å²) in [6.07, 6.45) is 4.28. The van der Waals surface area contributed by atoms with Gasteiger partial charge in [-0.25, -0.2) is 4.98 Å². The van der Waals surface area contributed by atoms with Crippen LogP contribution in [0.5, 0.6) is 5.75 Å². The van der Waals surface area contributed by atoms with E-state index in [1.165, 1.54) is 0 Å². The van der Waals surface area contributed by atoms with Crippen molar-refractivity contribution in [2.24, 2.45) is 0 Å². The molecule has 33 heavy (non-hydrogen) atoms. The molecule has 1 aromatic heterocycles. The molecule has 0 aliphatic carbocycles. The van der Waals surface area contributed by atoms with E-state index in [4.69, 9.17) is 4.74 Å².